The van der Waals surface area contributed by atoms with Gasteiger partial charge < -0.3 is 4.74 Å². The Balaban J connectivity index is 3.19. The predicted molar refractivity (Wildman–Crippen MR) is 49.5 cm³/mol. The molecule has 0 unspecified atom stereocenters. The smallest absolute Gasteiger partial charge is 0.135 e. The zero-order valence-electron chi connectivity index (χ0n) is 7.35. The molecule has 0 fully saturated rings. The van der Waals surface area contributed by atoms with Gasteiger partial charge in [-0.25, -0.2) is 4.39 Å². The van der Waals surface area contributed by atoms with Crippen molar-refractivity contribution in [3.63, 3.8) is 0 Å². The lowest BCUT2D eigenvalue weighted by Gasteiger charge is -2.07. The third-order valence-corrected chi connectivity index (χ3v) is 2.42. The summed E-state index contributed by atoms with van der Waals surface area (Å²) in [6, 6.07) is 3.21. The van der Waals surface area contributed by atoms with Gasteiger partial charge in [-0.2, -0.15) is 0 Å². The maximum absolute atomic E-state index is 13.0. The zero-order chi connectivity index (χ0) is 9.14. The molecule has 0 N–H and O–H groups in total. The quantitative estimate of drug-likeness (QED) is 0.657. The zero-order valence-corrected chi connectivity index (χ0v) is 8.17. The number of benzene rings is 1. The molecule has 0 spiro atoms. The number of aryl methyl sites for hydroxylation is 1. The summed E-state index contributed by atoms with van der Waals surface area (Å²) in [5, 5.41) is 0. The average Bonchev–Trinajstić information content (AvgIpc) is 2.09. The van der Waals surface area contributed by atoms with Crippen LogP contribution in [0, 0.1) is 12.7 Å². The molecule has 1 nitrogen and oxygen atoms in total. The third kappa shape index (κ3) is 1.72. The summed E-state index contributed by atoms with van der Waals surface area (Å²) >= 11 is 1.55. The minimum Gasteiger partial charge on any atom is -0.495 e. The topological polar surface area (TPSA) is 9.23 Å². The molecule has 1 rings (SSSR count). The highest BCUT2D eigenvalue weighted by Crippen LogP contribution is 2.29. The number of ether oxygens (including phenoxy) is 1. The second-order valence-corrected chi connectivity index (χ2v) is 3.30. The summed E-state index contributed by atoms with van der Waals surface area (Å²) in [6.07, 6.45) is 1.94. The second kappa shape index (κ2) is 3.81. The van der Waals surface area contributed by atoms with Gasteiger partial charge in [0.25, 0.3) is 0 Å². The van der Waals surface area contributed by atoms with Crippen molar-refractivity contribution in [2.45, 2.75) is 11.8 Å². The molecule has 0 amide bonds. The van der Waals surface area contributed by atoms with Gasteiger partial charge in [0.1, 0.15) is 11.6 Å². The molecule has 0 bridgehead atoms. The van der Waals surface area contributed by atoms with E-state index in [1.54, 1.807) is 31.9 Å². The fourth-order valence-corrected chi connectivity index (χ4v) is 1.59. The molecule has 0 radical (unpaired) electrons. The summed E-state index contributed by atoms with van der Waals surface area (Å²) in [4.78, 5) is 0.969. The molecule has 0 atom stereocenters. The number of methoxy groups -OCH3 is 1. The van der Waals surface area contributed by atoms with Crippen LogP contribution in [-0.2, 0) is 0 Å². The van der Waals surface area contributed by atoms with Crippen LogP contribution in [-0.4, -0.2) is 13.4 Å². The van der Waals surface area contributed by atoms with Crippen molar-refractivity contribution in [2.75, 3.05) is 13.4 Å². The maximum atomic E-state index is 13.0. The molecule has 1 aromatic carbocycles. The van der Waals surface area contributed by atoms with E-state index < -0.39 is 0 Å². The molecular weight excluding hydrogens is 175 g/mol. The van der Waals surface area contributed by atoms with Crippen LogP contribution in [0.1, 0.15) is 5.56 Å². The Labute approximate surface area is 75.9 Å². The fraction of sp³-hybridized carbons (Fsp3) is 0.333. The first-order valence-corrected chi connectivity index (χ1v) is 4.79. The molecule has 3 heteroatoms. The molecular formula is C9H11FOS. The standard InChI is InChI=1S/C9H11FOS/c1-6-4-9(12-3)8(11-2)5-7(6)10/h4-5H,1-3H3. The van der Waals surface area contributed by atoms with E-state index in [1.165, 1.54) is 6.07 Å². The Kier molecular flexibility index (Phi) is 2.98. The molecule has 0 heterocycles. The Hall–Kier alpha value is -0.700. The van der Waals surface area contributed by atoms with E-state index in [-0.39, 0.29) is 5.82 Å². The molecule has 0 saturated heterocycles. The Morgan fingerprint density at radius 3 is 2.58 bits per heavy atom. The van der Waals surface area contributed by atoms with Crippen LogP contribution in [0.25, 0.3) is 0 Å². The lowest BCUT2D eigenvalue weighted by atomic mass is 10.2. The summed E-state index contributed by atoms with van der Waals surface area (Å²) in [5.74, 6) is 0.384. The molecule has 1 aromatic rings. The van der Waals surface area contributed by atoms with E-state index in [0.717, 1.165) is 4.90 Å². The summed E-state index contributed by atoms with van der Waals surface area (Å²) in [6.45, 7) is 1.74. The van der Waals surface area contributed by atoms with Crippen molar-refractivity contribution in [1.29, 1.82) is 0 Å². The van der Waals surface area contributed by atoms with Gasteiger partial charge in [-0.05, 0) is 24.8 Å². The average molecular weight is 186 g/mol. The minimum absolute atomic E-state index is 0.218. The minimum atomic E-state index is -0.218. The SMILES string of the molecule is COc1cc(F)c(C)cc1SC. The van der Waals surface area contributed by atoms with Crippen LogP contribution >= 0.6 is 11.8 Å². The molecule has 12 heavy (non-hydrogen) atoms. The molecule has 0 aliphatic carbocycles. The Morgan fingerprint density at radius 2 is 2.08 bits per heavy atom. The monoisotopic (exact) mass is 186 g/mol. The third-order valence-electron chi connectivity index (χ3n) is 1.66. The lowest BCUT2D eigenvalue weighted by Crippen LogP contribution is -1.90. The number of rotatable bonds is 2. The lowest BCUT2D eigenvalue weighted by molar-refractivity contribution is 0.400. The van der Waals surface area contributed by atoms with Crippen LogP contribution in [0.4, 0.5) is 4.39 Å². The normalized spacial score (nSPS) is 10.0. The van der Waals surface area contributed by atoms with Gasteiger partial charge >= 0.3 is 0 Å². The maximum Gasteiger partial charge on any atom is 0.135 e. The van der Waals surface area contributed by atoms with Gasteiger partial charge in [0.2, 0.25) is 0 Å². The van der Waals surface area contributed by atoms with Crippen LogP contribution in [0.3, 0.4) is 0 Å². The van der Waals surface area contributed by atoms with Crippen molar-refractivity contribution in [3.8, 4) is 5.75 Å². The van der Waals surface area contributed by atoms with Crippen molar-refractivity contribution < 1.29 is 9.13 Å². The first-order valence-electron chi connectivity index (χ1n) is 3.57. The fourth-order valence-electron chi connectivity index (χ4n) is 0.956. The van der Waals surface area contributed by atoms with E-state index >= 15 is 0 Å². The molecule has 0 aromatic heterocycles. The van der Waals surface area contributed by atoms with Crippen LogP contribution in [0.5, 0.6) is 5.75 Å². The van der Waals surface area contributed by atoms with E-state index in [0.29, 0.717) is 11.3 Å². The van der Waals surface area contributed by atoms with Crippen LogP contribution in [0.2, 0.25) is 0 Å². The largest absolute Gasteiger partial charge is 0.495 e. The highest BCUT2D eigenvalue weighted by atomic mass is 32.2. The molecule has 0 aliphatic heterocycles. The highest BCUT2D eigenvalue weighted by molar-refractivity contribution is 7.98. The van der Waals surface area contributed by atoms with Crippen molar-refractivity contribution in [2.24, 2.45) is 0 Å². The highest BCUT2D eigenvalue weighted by Gasteiger charge is 2.05. The van der Waals surface area contributed by atoms with Crippen LogP contribution < -0.4 is 4.74 Å². The van der Waals surface area contributed by atoms with Gasteiger partial charge in [0.15, 0.2) is 0 Å². The van der Waals surface area contributed by atoms with Crippen molar-refractivity contribution in [1.82, 2.24) is 0 Å². The van der Waals surface area contributed by atoms with Gasteiger partial charge in [-0.15, -0.1) is 11.8 Å². The van der Waals surface area contributed by atoms with E-state index in [1.807, 2.05) is 6.26 Å². The van der Waals surface area contributed by atoms with Gasteiger partial charge in [-0.1, -0.05) is 0 Å². The molecule has 66 valence electrons. The van der Waals surface area contributed by atoms with Crippen LogP contribution in [0.15, 0.2) is 17.0 Å². The summed E-state index contributed by atoms with van der Waals surface area (Å²) < 4.78 is 18.0. The van der Waals surface area contributed by atoms with E-state index in [4.69, 9.17) is 4.74 Å². The number of hydrogen-bond donors (Lipinski definition) is 0. The van der Waals surface area contributed by atoms with Gasteiger partial charge in [-0.3, -0.25) is 0 Å². The van der Waals surface area contributed by atoms with Gasteiger partial charge in [0, 0.05) is 11.0 Å². The van der Waals surface area contributed by atoms with Crippen molar-refractivity contribution >= 4 is 11.8 Å². The van der Waals surface area contributed by atoms with Crippen molar-refractivity contribution in [3.05, 3.63) is 23.5 Å². The Morgan fingerprint density at radius 1 is 1.42 bits per heavy atom. The predicted octanol–water partition coefficient (Wildman–Crippen LogP) is 2.86. The van der Waals surface area contributed by atoms with Gasteiger partial charge in [0.05, 0.1) is 7.11 Å². The molecule has 0 aliphatic rings. The Bertz CT molecular complexity index is 257. The number of thioether (sulfide) groups is 1. The first kappa shape index (κ1) is 9.39. The summed E-state index contributed by atoms with van der Waals surface area (Å²) in [5.41, 5.74) is 0.653. The van der Waals surface area contributed by atoms with E-state index in [9.17, 15) is 4.39 Å². The number of halogens is 1. The number of hydrogen-bond acceptors (Lipinski definition) is 2. The first-order chi connectivity index (χ1) is 5.69. The molecule has 0 saturated carbocycles. The van der Waals surface area contributed by atoms with E-state index in [2.05, 4.69) is 0 Å². The second-order valence-electron chi connectivity index (χ2n) is 2.46. The summed E-state index contributed by atoms with van der Waals surface area (Å²) in [7, 11) is 1.55.